The second-order valence-corrected chi connectivity index (χ2v) is 9.93. The molecule has 8 N–H and O–H groups in total. The van der Waals surface area contributed by atoms with Gasteiger partial charge in [0.2, 0.25) is 0 Å². The molecule has 2 aliphatic rings. The van der Waals surface area contributed by atoms with Crippen LogP contribution in [0.2, 0.25) is 0 Å². The number of nitrogens with one attached hydrogen (secondary N) is 8. The number of hydrogen-bond donors (Lipinski definition) is 8. The first-order valence-corrected chi connectivity index (χ1v) is 14.8. The molecule has 0 saturated carbocycles. The van der Waals surface area contributed by atoms with Crippen LogP contribution >= 0.6 is 0 Å². The lowest BCUT2D eigenvalue weighted by Gasteiger charge is -2.21. The van der Waals surface area contributed by atoms with Crippen LogP contribution in [0.3, 0.4) is 0 Å². The fourth-order valence-corrected chi connectivity index (χ4v) is 4.45. The van der Waals surface area contributed by atoms with E-state index in [4.69, 9.17) is 9.47 Å². The van der Waals surface area contributed by atoms with E-state index in [9.17, 15) is 0 Å². The average molecular weight is 515 g/mol. The molecule has 0 aromatic rings. The van der Waals surface area contributed by atoms with Gasteiger partial charge in [0.05, 0.1) is 13.2 Å². The zero-order valence-corrected chi connectivity index (χ0v) is 22.9. The third kappa shape index (κ3) is 19.7. The topological polar surface area (TPSA) is 115 Å². The van der Waals surface area contributed by atoms with Crippen molar-refractivity contribution in [2.45, 2.75) is 50.6 Å². The molecule has 2 atom stereocenters. The van der Waals surface area contributed by atoms with Crippen molar-refractivity contribution in [1.82, 2.24) is 42.5 Å². The zero-order valence-electron chi connectivity index (χ0n) is 22.9. The number of rotatable bonds is 9. The second kappa shape index (κ2) is 24.9. The lowest BCUT2D eigenvalue weighted by Crippen LogP contribution is -2.42. The van der Waals surface area contributed by atoms with Gasteiger partial charge in [-0.25, -0.2) is 0 Å². The van der Waals surface area contributed by atoms with Crippen molar-refractivity contribution >= 4 is 0 Å². The molecule has 36 heavy (non-hydrogen) atoms. The van der Waals surface area contributed by atoms with Crippen LogP contribution in [0.1, 0.15) is 38.5 Å². The highest BCUT2D eigenvalue weighted by molar-refractivity contribution is 4.72. The quantitative estimate of drug-likeness (QED) is 0.179. The Kier molecular flexibility index (Phi) is 22.0. The summed E-state index contributed by atoms with van der Waals surface area (Å²) in [6.07, 6.45) is 6.71. The lowest BCUT2D eigenvalue weighted by atomic mass is 10.2. The first kappa shape index (κ1) is 31.8. The summed E-state index contributed by atoms with van der Waals surface area (Å²) in [6, 6.07) is 0.919. The molecule has 0 bridgehead atoms. The van der Waals surface area contributed by atoms with Crippen molar-refractivity contribution in [3.8, 4) is 0 Å². The van der Waals surface area contributed by atoms with Crippen LogP contribution in [0, 0.1) is 0 Å². The van der Waals surface area contributed by atoms with Gasteiger partial charge in [0.25, 0.3) is 0 Å². The monoisotopic (exact) mass is 514 g/mol. The smallest absolute Gasteiger partial charge is 0.0700 e. The highest BCUT2D eigenvalue weighted by Crippen LogP contribution is 1.96. The van der Waals surface area contributed by atoms with Crippen molar-refractivity contribution in [2.24, 2.45) is 0 Å². The van der Waals surface area contributed by atoms with E-state index in [0.29, 0.717) is 25.3 Å². The summed E-state index contributed by atoms with van der Waals surface area (Å²) < 4.78 is 11.8. The van der Waals surface area contributed by atoms with Gasteiger partial charge in [-0.1, -0.05) is 0 Å². The lowest BCUT2D eigenvalue weighted by molar-refractivity contribution is 0.0411. The zero-order chi connectivity index (χ0) is 25.2. The van der Waals surface area contributed by atoms with E-state index in [1.807, 2.05) is 0 Å². The standard InChI is InChI=1S/C26H58N8O2/c1-7-27-15-17-29-9-3-13-33-25(23-31-11-1)5-19-35-21-22-36-20-6-26-24-32-12-2-8-28-16-18-30-10-4-14-34-26/h25-34H,1-24H2. The molecule has 2 aliphatic heterocycles. The molecule has 2 rings (SSSR count). The molecule has 10 nitrogen and oxygen atoms in total. The maximum absolute atomic E-state index is 5.90. The molecule has 2 unspecified atom stereocenters. The van der Waals surface area contributed by atoms with E-state index in [1.54, 1.807) is 0 Å². The summed E-state index contributed by atoms with van der Waals surface area (Å²) in [4.78, 5) is 0. The highest BCUT2D eigenvalue weighted by atomic mass is 16.5. The van der Waals surface area contributed by atoms with Gasteiger partial charge in [-0.3, -0.25) is 0 Å². The molecule has 2 fully saturated rings. The third-order valence-corrected chi connectivity index (χ3v) is 6.67. The van der Waals surface area contributed by atoms with Crippen LogP contribution in [-0.2, 0) is 9.47 Å². The first-order valence-electron chi connectivity index (χ1n) is 14.8. The maximum Gasteiger partial charge on any atom is 0.0700 e. The van der Waals surface area contributed by atoms with Crippen molar-refractivity contribution in [3.05, 3.63) is 0 Å². The van der Waals surface area contributed by atoms with Crippen molar-refractivity contribution in [1.29, 1.82) is 0 Å². The molecule has 0 aromatic heterocycles. The Bertz CT molecular complexity index is 396. The minimum atomic E-state index is 0.459. The Morgan fingerprint density at radius 1 is 0.389 bits per heavy atom. The van der Waals surface area contributed by atoms with Gasteiger partial charge in [0.1, 0.15) is 0 Å². The summed E-state index contributed by atoms with van der Waals surface area (Å²) >= 11 is 0. The largest absolute Gasteiger partial charge is 0.379 e. The summed E-state index contributed by atoms with van der Waals surface area (Å²) in [6.45, 7) is 17.7. The minimum Gasteiger partial charge on any atom is -0.379 e. The van der Waals surface area contributed by atoms with E-state index in [1.165, 1.54) is 12.8 Å². The molecule has 0 aliphatic carbocycles. The Hall–Kier alpha value is -0.400. The molecule has 0 amide bonds. The van der Waals surface area contributed by atoms with Gasteiger partial charge in [0, 0.05) is 64.6 Å². The first-order chi connectivity index (χ1) is 17.9. The molecular formula is C26H58N8O2. The fourth-order valence-electron chi connectivity index (χ4n) is 4.45. The Balaban J connectivity index is 1.49. The fraction of sp³-hybridized carbons (Fsp3) is 1.00. The predicted molar refractivity (Wildman–Crippen MR) is 150 cm³/mol. The van der Waals surface area contributed by atoms with E-state index in [0.717, 1.165) is 131 Å². The number of hydrogen-bond acceptors (Lipinski definition) is 10. The molecule has 214 valence electrons. The van der Waals surface area contributed by atoms with Gasteiger partial charge >= 0.3 is 0 Å². The average Bonchev–Trinajstić information content (AvgIpc) is 2.89. The van der Waals surface area contributed by atoms with E-state index in [-0.39, 0.29) is 0 Å². The van der Waals surface area contributed by atoms with Crippen molar-refractivity contribution in [3.63, 3.8) is 0 Å². The third-order valence-electron chi connectivity index (χ3n) is 6.67. The molecule has 0 radical (unpaired) electrons. The van der Waals surface area contributed by atoms with Gasteiger partial charge in [0.15, 0.2) is 0 Å². The molecule has 0 aromatic carbocycles. The molecule has 2 heterocycles. The molecule has 0 spiro atoms. The molecule has 10 heteroatoms. The van der Waals surface area contributed by atoms with Crippen molar-refractivity contribution in [2.75, 3.05) is 118 Å². The van der Waals surface area contributed by atoms with Crippen LogP contribution in [0.15, 0.2) is 0 Å². The number of ether oxygens (including phenoxy) is 2. The van der Waals surface area contributed by atoms with E-state index < -0.39 is 0 Å². The SMILES string of the molecule is C1CNCCNCCCNC(CCOCCOCCC2CNCCCNCCNCCCN2)CNC1. The van der Waals surface area contributed by atoms with Crippen LogP contribution in [0.5, 0.6) is 0 Å². The molecular weight excluding hydrogens is 456 g/mol. The summed E-state index contributed by atoms with van der Waals surface area (Å²) in [5.41, 5.74) is 0. The van der Waals surface area contributed by atoms with Crippen LogP contribution < -0.4 is 42.5 Å². The summed E-state index contributed by atoms with van der Waals surface area (Å²) in [7, 11) is 0. The Morgan fingerprint density at radius 2 is 0.750 bits per heavy atom. The summed E-state index contributed by atoms with van der Waals surface area (Å²) in [5.74, 6) is 0. The van der Waals surface area contributed by atoms with Crippen molar-refractivity contribution < 1.29 is 9.47 Å². The maximum atomic E-state index is 5.90. The highest BCUT2D eigenvalue weighted by Gasteiger charge is 2.09. The van der Waals surface area contributed by atoms with E-state index in [2.05, 4.69) is 42.5 Å². The summed E-state index contributed by atoms with van der Waals surface area (Å²) in [5, 5.41) is 28.6. The van der Waals surface area contributed by atoms with Crippen LogP contribution in [-0.4, -0.2) is 130 Å². The Labute approximate surface area is 220 Å². The van der Waals surface area contributed by atoms with Gasteiger partial charge in [-0.2, -0.15) is 0 Å². The van der Waals surface area contributed by atoms with Gasteiger partial charge < -0.3 is 52.0 Å². The van der Waals surface area contributed by atoms with Crippen LogP contribution in [0.4, 0.5) is 0 Å². The normalized spacial score (nSPS) is 26.0. The van der Waals surface area contributed by atoms with Crippen LogP contribution in [0.25, 0.3) is 0 Å². The molecule has 2 saturated heterocycles. The van der Waals surface area contributed by atoms with Gasteiger partial charge in [-0.15, -0.1) is 0 Å². The van der Waals surface area contributed by atoms with Gasteiger partial charge in [-0.05, 0) is 90.9 Å². The van der Waals surface area contributed by atoms with E-state index >= 15 is 0 Å². The second-order valence-electron chi connectivity index (χ2n) is 9.93. The minimum absolute atomic E-state index is 0.459. The predicted octanol–water partition coefficient (Wildman–Crippen LogP) is -1.16. The Morgan fingerprint density at radius 3 is 1.17 bits per heavy atom.